The van der Waals surface area contributed by atoms with E-state index in [4.69, 9.17) is 15.2 Å². The van der Waals surface area contributed by atoms with Crippen molar-refractivity contribution < 1.29 is 41.9 Å². The summed E-state index contributed by atoms with van der Waals surface area (Å²) in [5.41, 5.74) is 6.64. The number of rotatable bonds is 7. The van der Waals surface area contributed by atoms with Gasteiger partial charge in [0.1, 0.15) is 34.9 Å². The van der Waals surface area contributed by atoms with Gasteiger partial charge in [0.15, 0.2) is 9.84 Å². The van der Waals surface area contributed by atoms with Gasteiger partial charge in [0.25, 0.3) is 0 Å². The minimum Gasteiger partial charge on any atom is -0.426 e. The first kappa shape index (κ1) is 28.4. The Bertz CT molecular complexity index is 1400. The number of ether oxygens (including phenoxy) is 2. The maximum atomic E-state index is 13.0. The summed E-state index contributed by atoms with van der Waals surface area (Å²) in [6.07, 6.45) is -0.191. The number of esters is 2. The molecule has 4 saturated heterocycles. The third kappa shape index (κ3) is 4.08. The van der Waals surface area contributed by atoms with Gasteiger partial charge in [-0.15, -0.1) is 11.8 Å². The van der Waals surface area contributed by atoms with Gasteiger partial charge >= 0.3 is 11.9 Å². The van der Waals surface area contributed by atoms with Gasteiger partial charge < -0.3 is 30.3 Å². The molecule has 15 heteroatoms. The molecule has 4 aliphatic rings. The molecule has 3 amide bonds. The van der Waals surface area contributed by atoms with Crippen LogP contribution in [0, 0.1) is 0 Å². The fraction of sp³-hybridized carbons (Fsp3) is 0.560. The molecule has 0 aliphatic carbocycles. The zero-order valence-corrected chi connectivity index (χ0v) is 23.9. The molecule has 4 fully saturated rings. The normalized spacial score (nSPS) is 31.3. The molecule has 216 valence electrons. The molecule has 4 aliphatic heterocycles. The van der Waals surface area contributed by atoms with Crippen LogP contribution >= 0.6 is 11.8 Å². The molecule has 0 saturated carbocycles. The topological polar surface area (TPSA) is 182 Å². The summed E-state index contributed by atoms with van der Waals surface area (Å²) >= 11 is 1.31. The quantitative estimate of drug-likeness (QED) is 0.234. The van der Waals surface area contributed by atoms with E-state index in [1.54, 1.807) is 44.2 Å². The third-order valence-corrected chi connectivity index (χ3v) is 12.4. The second-order valence-electron chi connectivity index (χ2n) is 11.2. The maximum absolute atomic E-state index is 13.0. The Balaban J connectivity index is 1.19. The third-order valence-electron chi connectivity index (χ3n) is 8.00. The maximum Gasteiger partial charge on any atom is 0.333 e. The number of hydrogen-bond acceptors (Lipinski definition) is 11. The fourth-order valence-corrected chi connectivity index (χ4v) is 9.44. The van der Waals surface area contributed by atoms with Gasteiger partial charge in [-0.25, -0.2) is 18.0 Å². The van der Waals surface area contributed by atoms with Crippen LogP contribution in [0.5, 0.6) is 0 Å². The number of nitrogens with one attached hydrogen (secondary N) is 1. The van der Waals surface area contributed by atoms with Gasteiger partial charge in [0, 0.05) is 4.75 Å². The highest BCUT2D eigenvalue weighted by Crippen LogP contribution is 2.51. The SMILES string of the molecule is CC1(C)S[C@@H]2[C@H](NC(=O)[C@@H](N)c3ccccc3)C(=O)N2[C@H]1C(=O)OCOC(=O)[C@@H]1N2C(=O)CC2S(=O)(=O)C1(C)C. The van der Waals surface area contributed by atoms with Gasteiger partial charge in [-0.05, 0) is 33.3 Å². The van der Waals surface area contributed by atoms with Crippen LogP contribution in [0.25, 0.3) is 0 Å². The molecule has 5 rings (SSSR count). The Morgan fingerprint density at radius 1 is 1.05 bits per heavy atom. The van der Waals surface area contributed by atoms with E-state index < -0.39 is 90.7 Å². The number of sulfone groups is 1. The van der Waals surface area contributed by atoms with Crippen molar-refractivity contribution in [1.82, 2.24) is 15.1 Å². The number of nitrogens with two attached hydrogens (primary N) is 1. The van der Waals surface area contributed by atoms with Crippen LogP contribution in [0.4, 0.5) is 0 Å². The summed E-state index contributed by atoms with van der Waals surface area (Å²) in [6, 6.07) is 4.45. The van der Waals surface area contributed by atoms with Crippen molar-refractivity contribution >= 4 is 51.3 Å². The van der Waals surface area contributed by atoms with Crippen molar-refractivity contribution in [2.45, 2.75) is 78.5 Å². The molecule has 1 aromatic rings. The van der Waals surface area contributed by atoms with Crippen LogP contribution in [-0.2, 0) is 43.3 Å². The standard InChI is InChI=1S/C25H30N4O9S2/c1-24(2)17(29-20(32)16(21(29)39-24)27-19(31)15(26)12-8-6-5-7-9-12)22(33)37-11-38-23(34)18-25(3,4)40(35,36)14-10-13(30)28(14)18/h5-9,14-18,21H,10-11,26H2,1-4H3,(H,27,31)/t14?,15-,16+,17-,18-,21+/m0/s1. The largest absolute Gasteiger partial charge is 0.426 e. The van der Waals surface area contributed by atoms with Crippen molar-refractivity contribution in [2.75, 3.05) is 6.79 Å². The van der Waals surface area contributed by atoms with Crippen molar-refractivity contribution in [3.05, 3.63) is 35.9 Å². The molecule has 0 spiro atoms. The molecule has 0 aromatic heterocycles. The second kappa shape index (κ2) is 9.45. The minimum atomic E-state index is -3.80. The average molecular weight is 595 g/mol. The molecule has 40 heavy (non-hydrogen) atoms. The summed E-state index contributed by atoms with van der Waals surface area (Å²) in [5.74, 6) is -3.32. The highest BCUT2D eigenvalue weighted by Gasteiger charge is 2.68. The number of benzene rings is 1. The van der Waals surface area contributed by atoms with Gasteiger partial charge in [-0.2, -0.15) is 0 Å². The summed E-state index contributed by atoms with van der Waals surface area (Å²) in [7, 11) is -3.80. The zero-order valence-electron chi connectivity index (χ0n) is 22.2. The Kier molecular flexibility index (Phi) is 6.70. The number of carbonyl (C=O) groups is 5. The minimum absolute atomic E-state index is 0.191. The molecule has 6 atom stereocenters. The van der Waals surface area contributed by atoms with Gasteiger partial charge in [0.2, 0.25) is 24.5 Å². The molecule has 4 heterocycles. The Labute approximate surface area is 235 Å². The lowest BCUT2D eigenvalue weighted by molar-refractivity contribution is -0.181. The zero-order chi connectivity index (χ0) is 29.4. The van der Waals surface area contributed by atoms with Crippen LogP contribution < -0.4 is 11.1 Å². The number of β-lactam (4-membered cyclic amide) rings is 2. The number of thioether (sulfide) groups is 1. The second-order valence-corrected chi connectivity index (χ2v) is 15.6. The van der Waals surface area contributed by atoms with Crippen LogP contribution in [0.3, 0.4) is 0 Å². The van der Waals surface area contributed by atoms with E-state index in [-0.39, 0.29) is 6.42 Å². The molecule has 13 nitrogen and oxygen atoms in total. The number of fused-ring (bicyclic) bond motifs is 2. The van der Waals surface area contributed by atoms with E-state index in [0.717, 1.165) is 4.90 Å². The van der Waals surface area contributed by atoms with E-state index >= 15 is 0 Å². The van der Waals surface area contributed by atoms with Crippen molar-refractivity contribution in [1.29, 1.82) is 0 Å². The molecule has 3 N–H and O–H groups in total. The van der Waals surface area contributed by atoms with Crippen LogP contribution in [-0.4, -0.2) is 93.0 Å². The van der Waals surface area contributed by atoms with E-state index in [1.807, 2.05) is 0 Å². The van der Waals surface area contributed by atoms with Crippen LogP contribution in [0.2, 0.25) is 0 Å². The van der Waals surface area contributed by atoms with Crippen molar-refractivity contribution in [3.8, 4) is 0 Å². The molecule has 0 radical (unpaired) electrons. The highest BCUT2D eigenvalue weighted by atomic mass is 32.2. The predicted octanol–water partition coefficient (Wildman–Crippen LogP) is -0.589. The first-order valence-electron chi connectivity index (χ1n) is 12.6. The van der Waals surface area contributed by atoms with Crippen molar-refractivity contribution in [3.63, 3.8) is 0 Å². The lowest BCUT2D eigenvalue weighted by Crippen LogP contribution is -2.71. The summed E-state index contributed by atoms with van der Waals surface area (Å²) in [5, 5.41) is 1.07. The number of amides is 3. The lowest BCUT2D eigenvalue weighted by atomic mass is 9.95. The fourth-order valence-electron chi connectivity index (χ4n) is 5.69. The summed E-state index contributed by atoms with van der Waals surface area (Å²) < 4.78 is 33.3. The molecular weight excluding hydrogens is 564 g/mol. The Morgan fingerprint density at radius 3 is 2.25 bits per heavy atom. The van der Waals surface area contributed by atoms with Gasteiger partial charge in [-0.3, -0.25) is 14.4 Å². The number of hydrogen-bond donors (Lipinski definition) is 2. The predicted molar refractivity (Wildman–Crippen MR) is 140 cm³/mol. The summed E-state index contributed by atoms with van der Waals surface area (Å²) in [6.45, 7) is 5.37. The first-order valence-corrected chi connectivity index (χ1v) is 15.0. The number of carbonyl (C=O) groups excluding carboxylic acids is 5. The first-order chi connectivity index (χ1) is 18.6. The van der Waals surface area contributed by atoms with Crippen molar-refractivity contribution in [2.24, 2.45) is 5.73 Å². The Morgan fingerprint density at radius 2 is 1.65 bits per heavy atom. The molecule has 1 aromatic carbocycles. The van der Waals surface area contributed by atoms with Crippen LogP contribution in [0.15, 0.2) is 30.3 Å². The lowest BCUT2D eigenvalue weighted by Gasteiger charge is -2.44. The average Bonchev–Trinajstić information content (AvgIpc) is 3.22. The smallest absolute Gasteiger partial charge is 0.333 e. The van der Waals surface area contributed by atoms with Gasteiger partial charge in [0.05, 0.1) is 11.2 Å². The van der Waals surface area contributed by atoms with E-state index in [2.05, 4.69) is 5.32 Å². The van der Waals surface area contributed by atoms with Crippen LogP contribution in [0.1, 0.15) is 45.7 Å². The van der Waals surface area contributed by atoms with E-state index in [9.17, 15) is 32.4 Å². The number of nitrogens with zero attached hydrogens (tertiary/aromatic N) is 2. The molecule has 0 bridgehead atoms. The monoisotopic (exact) mass is 594 g/mol. The summed E-state index contributed by atoms with van der Waals surface area (Å²) in [4.78, 5) is 65.9. The highest BCUT2D eigenvalue weighted by molar-refractivity contribution is 8.01. The molecule has 1 unspecified atom stereocenters. The molecular formula is C25H30N4O9S2. The van der Waals surface area contributed by atoms with Gasteiger partial charge in [-0.1, -0.05) is 30.3 Å². The van der Waals surface area contributed by atoms with E-state index in [1.165, 1.54) is 30.5 Å². The van der Waals surface area contributed by atoms with E-state index in [0.29, 0.717) is 5.56 Å². The Hall–Kier alpha value is -3.17.